The van der Waals surface area contributed by atoms with Gasteiger partial charge in [0.05, 0.1) is 19.2 Å². The van der Waals surface area contributed by atoms with Crippen molar-refractivity contribution in [3.05, 3.63) is 11.8 Å². The number of amides is 1. The monoisotopic (exact) mass is 223 g/mol. The molecule has 7 heteroatoms. The van der Waals surface area contributed by atoms with Crippen LogP contribution in [0.1, 0.15) is 0 Å². The molecule has 2 atom stereocenters. The topological polar surface area (TPSA) is 42.1 Å². The lowest BCUT2D eigenvalue weighted by Gasteiger charge is -2.21. The van der Waals surface area contributed by atoms with Gasteiger partial charge in [0.25, 0.3) is 0 Å². The normalized spacial score (nSPS) is 29.3. The summed E-state index contributed by atoms with van der Waals surface area (Å²) in [6.07, 6.45) is -5.99. The number of methoxy groups -OCH3 is 1. The van der Waals surface area contributed by atoms with Crippen LogP contribution in [0.4, 0.5) is 18.0 Å². The standard InChI is InChI=1S/C8H8F3NO3/c1-14-7(13)12-2-4(8(9,10)11)6-5(3-12)15-6/h2,5-6H,3H2,1H3/t5-,6+/m0/s1. The third kappa shape index (κ3) is 1.79. The molecule has 84 valence electrons. The highest BCUT2D eigenvalue weighted by atomic mass is 19.4. The van der Waals surface area contributed by atoms with Crippen LogP contribution < -0.4 is 0 Å². The molecule has 0 aromatic carbocycles. The van der Waals surface area contributed by atoms with Crippen LogP contribution in [0, 0.1) is 0 Å². The molecule has 2 aliphatic heterocycles. The van der Waals surface area contributed by atoms with E-state index in [1.54, 1.807) is 0 Å². The number of hydrogen-bond acceptors (Lipinski definition) is 3. The van der Waals surface area contributed by atoms with Crippen LogP contribution in [0.3, 0.4) is 0 Å². The Bertz CT molecular complexity index is 326. The number of halogens is 3. The number of fused-ring (bicyclic) bond motifs is 1. The number of ether oxygens (including phenoxy) is 2. The van der Waals surface area contributed by atoms with Gasteiger partial charge in [0.1, 0.15) is 12.2 Å². The highest BCUT2D eigenvalue weighted by Crippen LogP contribution is 2.42. The Morgan fingerprint density at radius 1 is 1.67 bits per heavy atom. The summed E-state index contributed by atoms with van der Waals surface area (Å²) in [7, 11) is 1.11. The van der Waals surface area contributed by atoms with Gasteiger partial charge in [-0.25, -0.2) is 4.79 Å². The first-order chi connectivity index (χ1) is 6.93. The molecule has 0 aromatic rings. The van der Waals surface area contributed by atoms with Crippen molar-refractivity contribution < 1.29 is 27.4 Å². The van der Waals surface area contributed by atoms with Gasteiger partial charge in [-0.1, -0.05) is 0 Å². The predicted molar refractivity (Wildman–Crippen MR) is 41.9 cm³/mol. The second kappa shape index (κ2) is 3.13. The summed E-state index contributed by atoms with van der Waals surface area (Å²) in [6.45, 7) is 0.108. The number of carbonyl (C=O) groups is 1. The molecule has 0 bridgehead atoms. The summed E-state index contributed by atoms with van der Waals surface area (Å²) in [4.78, 5) is 11.9. The van der Waals surface area contributed by atoms with E-state index in [1.165, 1.54) is 0 Å². The van der Waals surface area contributed by atoms with Crippen LogP contribution in [0.15, 0.2) is 11.8 Å². The molecule has 0 spiro atoms. The molecular formula is C8H8F3NO3. The molecule has 0 N–H and O–H groups in total. The average Bonchev–Trinajstić information content (AvgIpc) is 2.91. The van der Waals surface area contributed by atoms with Crippen LogP contribution in [0.2, 0.25) is 0 Å². The number of rotatable bonds is 0. The van der Waals surface area contributed by atoms with E-state index in [0.717, 1.165) is 18.2 Å². The first-order valence-electron chi connectivity index (χ1n) is 4.22. The predicted octanol–water partition coefficient (Wildman–Crippen LogP) is 1.28. The lowest BCUT2D eigenvalue weighted by Crippen LogP contribution is -2.36. The third-order valence-electron chi connectivity index (χ3n) is 2.30. The molecule has 4 nitrogen and oxygen atoms in total. The van der Waals surface area contributed by atoms with E-state index in [2.05, 4.69) is 4.74 Å². The van der Waals surface area contributed by atoms with Crippen molar-refractivity contribution in [3.8, 4) is 0 Å². The van der Waals surface area contributed by atoms with Gasteiger partial charge < -0.3 is 9.47 Å². The number of carbonyl (C=O) groups excluding carboxylic acids is 1. The van der Waals surface area contributed by atoms with Gasteiger partial charge >= 0.3 is 12.3 Å². The van der Waals surface area contributed by atoms with Gasteiger partial charge in [0.2, 0.25) is 0 Å². The SMILES string of the molecule is COC(=O)N1C=C(C(F)(F)F)[C@H]2O[C@H]2C1. The molecule has 2 rings (SSSR count). The van der Waals surface area contributed by atoms with Crippen molar-refractivity contribution in [2.45, 2.75) is 18.4 Å². The summed E-state index contributed by atoms with van der Waals surface area (Å²) in [5.41, 5.74) is -0.829. The fourth-order valence-corrected chi connectivity index (χ4v) is 1.52. The number of nitrogens with zero attached hydrogens (tertiary/aromatic N) is 1. The van der Waals surface area contributed by atoms with E-state index in [9.17, 15) is 18.0 Å². The number of alkyl halides is 3. The summed E-state index contributed by atoms with van der Waals surface area (Å²) in [5, 5.41) is 0. The summed E-state index contributed by atoms with van der Waals surface area (Å²) < 4.78 is 46.4. The maximum Gasteiger partial charge on any atom is 0.416 e. The van der Waals surface area contributed by atoms with E-state index in [-0.39, 0.29) is 6.54 Å². The highest BCUT2D eigenvalue weighted by Gasteiger charge is 2.55. The quantitative estimate of drug-likeness (QED) is 0.581. The molecule has 0 aliphatic carbocycles. The fraction of sp³-hybridized carbons (Fsp3) is 0.625. The van der Waals surface area contributed by atoms with Gasteiger partial charge in [-0.3, -0.25) is 4.90 Å². The van der Waals surface area contributed by atoms with Crippen molar-refractivity contribution in [2.75, 3.05) is 13.7 Å². The van der Waals surface area contributed by atoms with E-state index < -0.39 is 30.1 Å². The van der Waals surface area contributed by atoms with Crippen LogP contribution >= 0.6 is 0 Å². The molecule has 1 saturated heterocycles. The highest BCUT2D eigenvalue weighted by molar-refractivity contribution is 5.69. The van der Waals surface area contributed by atoms with Gasteiger partial charge in [-0.2, -0.15) is 13.2 Å². The molecule has 0 unspecified atom stereocenters. The minimum absolute atomic E-state index is 0.108. The largest absolute Gasteiger partial charge is 0.452 e. The zero-order valence-corrected chi connectivity index (χ0v) is 7.75. The van der Waals surface area contributed by atoms with E-state index >= 15 is 0 Å². The molecule has 0 radical (unpaired) electrons. The number of epoxide rings is 1. The van der Waals surface area contributed by atoms with E-state index in [0.29, 0.717) is 0 Å². The van der Waals surface area contributed by atoms with E-state index in [4.69, 9.17) is 4.74 Å². The van der Waals surface area contributed by atoms with Crippen molar-refractivity contribution in [2.24, 2.45) is 0 Å². The second-order valence-electron chi connectivity index (χ2n) is 3.30. The first kappa shape index (κ1) is 10.3. The molecule has 0 saturated carbocycles. The van der Waals surface area contributed by atoms with Gasteiger partial charge in [-0.15, -0.1) is 0 Å². The Balaban J connectivity index is 2.22. The molecule has 2 heterocycles. The minimum Gasteiger partial charge on any atom is -0.452 e. The van der Waals surface area contributed by atoms with Crippen LogP contribution in [-0.2, 0) is 9.47 Å². The van der Waals surface area contributed by atoms with Gasteiger partial charge in [-0.05, 0) is 0 Å². The lowest BCUT2D eigenvalue weighted by molar-refractivity contribution is -0.0967. The van der Waals surface area contributed by atoms with Gasteiger partial charge in [0, 0.05) is 6.20 Å². The molecule has 15 heavy (non-hydrogen) atoms. The molecule has 1 amide bonds. The number of hydrogen-bond donors (Lipinski definition) is 0. The van der Waals surface area contributed by atoms with Crippen LogP contribution in [0.5, 0.6) is 0 Å². The average molecular weight is 223 g/mol. The Hall–Kier alpha value is -1.24. The molecular weight excluding hydrogens is 215 g/mol. The Kier molecular flexibility index (Phi) is 2.14. The minimum atomic E-state index is -4.47. The molecule has 1 fully saturated rings. The van der Waals surface area contributed by atoms with Crippen LogP contribution in [-0.4, -0.2) is 43.0 Å². The Morgan fingerprint density at radius 2 is 2.33 bits per heavy atom. The van der Waals surface area contributed by atoms with Crippen LogP contribution in [0.25, 0.3) is 0 Å². The van der Waals surface area contributed by atoms with Gasteiger partial charge in [0.15, 0.2) is 0 Å². The second-order valence-corrected chi connectivity index (χ2v) is 3.30. The molecule has 2 aliphatic rings. The smallest absolute Gasteiger partial charge is 0.416 e. The molecule has 0 aromatic heterocycles. The lowest BCUT2D eigenvalue weighted by atomic mass is 10.1. The maximum absolute atomic E-state index is 12.4. The maximum atomic E-state index is 12.4. The Labute approximate surface area is 83.2 Å². The summed E-state index contributed by atoms with van der Waals surface area (Å²) >= 11 is 0. The Morgan fingerprint density at radius 3 is 2.87 bits per heavy atom. The first-order valence-corrected chi connectivity index (χ1v) is 4.22. The zero-order valence-electron chi connectivity index (χ0n) is 7.75. The van der Waals surface area contributed by atoms with Crippen molar-refractivity contribution in [1.82, 2.24) is 4.90 Å². The van der Waals surface area contributed by atoms with Crippen molar-refractivity contribution in [1.29, 1.82) is 0 Å². The van der Waals surface area contributed by atoms with Crippen molar-refractivity contribution >= 4 is 6.09 Å². The van der Waals surface area contributed by atoms with E-state index in [1.807, 2.05) is 0 Å². The third-order valence-corrected chi connectivity index (χ3v) is 2.30. The van der Waals surface area contributed by atoms with Crippen molar-refractivity contribution in [3.63, 3.8) is 0 Å². The zero-order chi connectivity index (χ0) is 11.2. The summed E-state index contributed by atoms with van der Waals surface area (Å²) in [5.74, 6) is 0. The summed E-state index contributed by atoms with van der Waals surface area (Å²) in [6, 6.07) is 0. The fourth-order valence-electron chi connectivity index (χ4n) is 1.52.